The van der Waals surface area contributed by atoms with Crippen LogP contribution in [0.2, 0.25) is 0 Å². The van der Waals surface area contributed by atoms with Crippen LogP contribution in [0.1, 0.15) is 43.8 Å². The normalized spacial score (nSPS) is 11.4. The highest BCUT2D eigenvalue weighted by atomic mass is 32.2. The van der Waals surface area contributed by atoms with Crippen LogP contribution in [0, 0.1) is 0 Å². The van der Waals surface area contributed by atoms with Crippen LogP contribution in [0.3, 0.4) is 0 Å². The molecule has 0 aromatic carbocycles. The Kier molecular flexibility index (Phi) is 9.83. The van der Waals surface area contributed by atoms with Gasteiger partial charge in [-0.05, 0) is 38.1 Å². The van der Waals surface area contributed by atoms with Crippen LogP contribution in [-0.4, -0.2) is 42.1 Å². The highest BCUT2D eigenvalue weighted by Crippen LogP contribution is 2.29. The number of aromatic nitrogens is 3. The predicted octanol–water partition coefficient (Wildman–Crippen LogP) is 5.59. The number of hydrogen-bond donors (Lipinski definition) is 0. The van der Waals surface area contributed by atoms with E-state index in [9.17, 15) is 13.2 Å². The Morgan fingerprint density at radius 3 is 2.38 bits per heavy atom. The Hall–Kier alpha value is -3.17. The number of carbonyl (C=O) groups excluding carboxylic acids is 1. The molecule has 0 fully saturated rings. The first-order valence-electron chi connectivity index (χ1n) is 10.7. The zero-order chi connectivity index (χ0) is 25.3. The van der Waals surface area contributed by atoms with E-state index in [4.69, 9.17) is 0 Å². The van der Waals surface area contributed by atoms with Crippen molar-refractivity contribution in [2.24, 2.45) is 0 Å². The van der Waals surface area contributed by atoms with Crippen LogP contribution >= 0.6 is 11.3 Å². The number of nitrogens with zero attached hydrogens (tertiary/aromatic N) is 4. The van der Waals surface area contributed by atoms with E-state index in [2.05, 4.69) is 35.4 Å². The van der Waals surface area contributed by atoms with Gasteiger partial charge in [-0.25, -0.2) is 18.4 Å². The van der Waals surface area contributed by atoms with E-state index in [0.717, 1.165) is 23.0 Å². The number of amides is 1. The molecular formula is C25H30N4O3S2. The molecule has 0 aliphatic heterocycles. The fourth-order valence-electron chi connectivity index (χ4n) is 2.98. The summed E-state index contributed by atoms with van der Waals surface area (Å²) in [6, 6.07) is 6.85. The summed E-state index contributed by atoms with van der Waals surface area (Å²) in [4.78, 5) is 27.8. The average Bonchev–Trinajstić information content (AvgIpc) is 3.27. The topological polar surface area (TPSA) is 93.1 Å². The Morgan fingerprint density at radius 2 is 1.79 bits per heavy atom. The molecule has 0 spiro atoms. The lowest BCUT2D eigenvalue weighted by Crippen LogP contribution is -2.33. The fraction of sp³-hybridized carbons (Fsp3) is 0.280. The standard InChI is InChI=1S/C22H22N4O3S2.C3H8/c1-15(2)11-16(3)14-26(18-8-6-10-24-21(18)31(4,28)29)22(27)19-13-25-20(30-19)17-7-5-9-23-12-17;1-3-2/h5-13H,1,14H2,2-4H3;3H2,1-2H3/b16-11+;. The first-order chi connectivity index (χ1) is 16.1. The SMILES string of the molecule is C=C(C)/C=C(\C)CN(C(=O)c1cnc(-c2cccnc2)s1)c1cccnc1S(C)(=O)=O.CCC. The first-order valence-corrected chi connectivity index (χ1v) is 13.4. The van der Waals surface area contributed by atoms with Gasteiger partial charge in [-0.1, -0.05) is 44.1 Å². The van der Waals surface area contributed by atoms with E-state index >= 15 is 0 Å². The number of anilines is 1. The predicted molar refractivity (Wildman–Crippen MR) is 139 cm³/mol. The molecule has 34 heavy (non-hydrogen) atoms. The molecule has 0 aliphatic rings. The number of rotatable bonds is 7. The molecular weight excluding hydrogens is 468 g/mol. The van der Waals surface area contributed by atoms with Crippen molar-refractivity contribution in [1.29, 1.82) is 0 Å². The van der Waals surface area contributed by atoms with Gasteiger partial charge in [0.05, 0.1) is 11.9 Å². The third-order valence-electron chi connectivity index (χ3n) is 4.16. The molecule has 0 atom stereocenters. The summed E-state index contributed by atoms with van der Waals surface area (Å²) in [5, 5.41) is 0.503. The van der Waals surface area contributed by atoms with E-state index < -0.39 is 9.84 Å². The monoisotopic (exact) mass is 498 g/mol. The van der Waals surface area contributed by atoms with Crippen LogP contribution in [0.4, 0.5) is 5.69 Å². The smallest absolute Gasteiger partial charge is 0.270 e. The van der Waals surface area contributed by atoms with Crippen molar-refractivity contribution in [3.8, 4) is 10.6 Å². The lowest BCUT2D eigenvalue weighted by atomic mass is 10.2. The van der Waals surface area contributed by atoms with Crippen molar-refractivity contribution >= 4 is 32.8 Å². The Balaban J connectivity index is 0.00000129. The van der Waals surface area contributed by atoms with Crippen molar-refractivity contribution < 1.29 is 13.2 Å². The van der Waals surface area contributed by atoms with Gasteiger partial charge in [0.15, 0.2) is 14.9 Å². The number of carbonyl (C=O) groups is 1. The van der Waals surface area contributed by atoms with Crippen molar-refractivity contribution in [1.82, 2.24) is 15.0 Å². The second-order valence-corrected chi connectivity index (χ2v) is 10.8. The van der Waals surface area contributed by atoms with Crippen molar-refractivity contribution in [2.45, 2.75) is 39.1 Å². The largest absolute Gasteiger partial charge is 0.301 e. The van der Waals surface area contributed by atoms with E-state index in [-0.39, 0.29) is 23.2 Å². The van der Waals surface area contributed by atoms with Crippen LogP contribution in [0.25, 0.3) is 10.6 Å². The van der Waals surface area contributed by atoms with Crippen LogP contribution in [0.15, 0.2) is 77.9 Å². The molecule has 7 nitrogen and oxygen atoms in total. The molecule has 3 heterocycles. The summed E-state index contributed by atoms with van der Waals surface area (Å²) in [7, 11) is -3.65. The molecule has 1 amide bonds. The molecule has 0 saturated carbocycles. The summed E-state index contributed by atoms with van der Waals surface area (Å²) in [6.45, 7) is 12.0. The summed E-state index contributed by atoms with van der Waals surface area (Å²) in [6.07, 6.45) is 10.4. The van der Waals surface area contributed by atoms with Gasteiger partial charge in [0.2, 0.25) is 0 Å². The van der Waals surface area contributed by atoms with Gasteiger partial charge in [-0.15, -0.1) is 11.3 Å². The third kappa shape index (κ3) is 7.43. The number of allylic oxidation sites excluding steroid dienone is 2. The lowest BCUT2D eigenvalue weighted by molar-refractivity contribution is 0.0992. The Bertz CT molecular complexity index is 1270. The summed E-state index contributed by atoms with van der Waals surface area (Å²) < 4.78 is 24.6. The number of pyridine rings is 2. The Morgan fingerprint density at radius 1 is 1.12 bits per heavy atom. The minimum Gasteiger partial charge on any atom is -0.301 e. The van der Waals surface area contributed by atoms with Crippen molar-refractivity contribution in [3.05, 3.63) is 77.7 Å². The maximum Gasteiger partial charge on any atom is 0.270 e. The minimum absolute atomic E-state index is 0.150. The molecule has 9 heteroatoms. The zero-order valence-electron chi connectivity index (χ0n) is 20.1. The molecule has 0 aliphatic carbocycles. The molecule has 3 rings (SSSR count). The van der Waals surface area contributed by atoms with Crippen LogP contribution in [0.5, 0.6) is 0 Å². The van der Waals surface area contributed by atoms with Crippen LogP contribution < -0.4 is 4.90 Å². The van der Waals surface area contributed by atoms with Crippen molar-refractivity contribution in [2.75, 3.05) is 17.7 Å². The van der Waals surface area contributed by atoms with Gasteiger partial charge >= 0.3 is 0 Å². The number of sulfone groups is 1. The van der Waals surface area contributed by atoms with E-state index in [0.29, 0.717) is 9.88 Å². The fourth-order valence-corrected chi connectivity index (χ4v) is 4.65. The van der Waals surface area contributed by atoms with Gasteiger partial charge in [-0.3, -0.25) is 9.78 Å². The third-order valence-corrected chi connectivity index (χ3v) is 6.21. The summed E-state index contributed by atoms with van der Waals surface area (Å²) >= 11 is 1.22. The molecule has 0 unspecified atom stereocenters. The van der Waals surface area contributed by atoms with Gasteiger partial charge in [-0.2, -0.15) is 0 Å². The lowest BCUT2D eigenvalue weighted by Gasteiger charge is -2.24. The van der Waals surface area contributed by atoms with Crippen LogP contribution in [-0.2, 0) is 9.84 Å². The number of thiazole rings is 1. The maximum atomic E-state index is 13.5. The first kappa shape index (κ1) is 27.1. The van der Waals surface area contributed by atoms with Gasteiger partial charge in [0.25, 0.3) is 5.91 Å². The van der Waals surface area contributed by atoms with Crippen molar-refractivity contribution in [3.63, 3.8) is 0 Å². The van der Waals surface area contributed by atoms with E-state index in [1.165, 1.54) is 35.1 Å². The maximum absolute atomic E-state index is 13.5. The molecule has 180 valence electrons. The summed E-state index contributed by atoms with van der Waals surface area (Å²) in [5.74, 6) is -0.361. The average molecular weight is 499 g/mol. The molecule has 0 bridgehead atoms. The molecule has 0 N–H and O–H groups in total. The molecule has 0 radical (unpaired) electrons. The minimum atomic E-state index is -3.65. The summed E-state index contributed by atoms with van der Waals surface area (Å²) in [5.41, 5.74) is 2.70. The Labute approximate surface area is 205 Å². The highest BCUT2D eigenvalue weighted by Gasteiger charge is 2.26. The second kappa shape index (κ2) is 12.3. The second-order valence-electron chi connectivity index (χ2n) is 7.81. The van der Waals surface area contributed by atoms with E-state index in [1.54, 1.807) is 30.6 Å². The van der Waals surface area contributed by atoms with Gasteiger partial charge < -0.3 is 4.90 Å². The quantitative estimate of drug-likeness (QED) is 0.394. The number of hydrogen-bond acceptors (Lipinski definition) is 7. The molecule has 0 saturated heterocycles. The zero-order valence-corrected chi connectivity index (χ0v) is 21.8. The molecule has 3 aromatic rings. The highest BCUT2D eigenvalue weighted by molar-refractivity contribution is 7.90. The molecule has 3 aromatic heterocycles. The van der Waals surface area contributed by atoms with E-state index in [1.807, 2.05) is 26.0 Å². The van der Waals surface area contributed by atoms with Gasteiger partial charge in [0.1, 0.15) is 9.88 Å². The van der Waals surface area contributed by atoms with Gasteiger partial charge in [0, 0.05) is 37.0 Å².